The van der Waals surface area contributed by atoms with Crippen molar-refractivity contribution < 1.29 is 14.3 Å². The van der Waals surface area contributed by atoms with Crippen molar-refractivity contribution in [2.75, 3.05) is 19.0 Å². The highest BCUT2D eigenvalue weighted by atomic mass is 16.5. The van der Waals surface area contributed by atoms with Gasteiger partial charge in [0.1, 0.15) is 11.5 Å². The van der Waals surface area contributed by atoms with Gasteiger partial charge in [0.05, 0.1) is 19.8 Å². The molecule has 0 amide bonds. The molecule has 0 aliphatic rings. The summed E-state index contributed by atoms with van der Waals surface area (Å²) in [5.41, 5.74) is 3.83. The Kier molecular flexibility index (Phi) is 6.90. The van der Waals surface area contributed by atoms with Crippen molar-refractivity contribution in [3.63, 3.8) is 0 Å². The zero-order valence-corrected chi connectivity index (χ0v) is 17.1. The molecule has 0 aromatic heterocycles. The maximum atomic E-state index is 12.9. The average Bonchev–Trinajstić information content (AvgIpc) is 2.75. The van der Waals surface area contributed by atoms with Crippen LogP contribution in [0.25, 0.3) is 0 Å². The maximum absolute atomic E-state index is 12.9. The van der Waals surface area contributed by atoms with Gasteiger partial charge in [-0.1, -0.05) is 42.0 Å². The molecule has 0 saturated carbocycles. The monoisotopic (exact) mass is 389 g/mol. The fraction of sp³-hybridized carbons (Fsp3) is 0.240. The first kappa shape index (κ1) is 20.5. The second kappa shape index (κ2) is 9.78. The van der Waals surface area contributed by atoms with Gasteiger partial charge < -0.3 is 14.8 Å². The van der Waals surface area contributed by atoms with Crippen LogP contribution < -0.4 is 14.8 Å². The molecule has 1 N–H and O–H groups in total. The first-order valence-corrected chi connectivity index (χ1v) is 9.82. The summed E-state index contributed by atoms with van der Waals surface area (Å²) in [7, 11) is 1.64. The van der Waals surface area contributed by atoms with Crippen molar-refractivity contribution in [3.8, 4) is 11.5 Å². The van der Waals surface area contributed by atoms with E-state index in [-0.39, 0.29) is 11.8 Å². The molecular formula is C25H27NO3. The van der Waals surface area contributed by atoms with Crippen LogP contribution in [-0.4, -0.2) is 19.5 Å². The van der Waals surface area contributed by atoms with Crippen molar-refractivity contribution in [1.82, 2.24) is 0 Å². The van der Waals surface area contributed by atoms with Gasteiger partial charge in [0, 0.05) is 17.7 Å². The molecule has 4 nitrogen and oxygen atoms in total. The summed E-state index contributed by atoms with van der Waals surface area (Å²) in [5, 5.41) is 3.50. The Morgan fingerprint density at radius 3 is 2.10 bits per heavy atom. The topological polar surface area (TPSA) is 47.6 Å². The van der Waals surface area contributed by atoms with Gasteiger partial charge in [0.2, 0.25) is 0 Å². The number of hydrogen-bond acceptors (Lipinski definition) is 4. The number of ether oxygens (including phenoxy) is 2. The van der Waals surface area contributed by atoms with E-state index in [2.05, 4.69) is 5.32 Å². The smallest absolute Gasteiger partial charge is 0.165 e. The molecule has 4 heteroatoms. The number of Topliss-reactive ketones (excluding diaryl/α,β-unsaturated/α-hetero) is 1. The minimum absolute atomic E-state index is 0.101. The van der Waals surface area contributed by atoms with Gasteiger partial charge >= 0.3 is 0 Å². The Labute approximate surface area is 172 Å². The molecule has 1 atom stereocenters. The largest absolute Gasteiger partial charge is 0.497 e. The summed E-state index contributed by atoms with van der Waals surface area (Å²) in [5.74, 6) is 1.72. The van der Waals surface area contributed by atoms with Crippen LogP contribution in [0.15, 0.2) is 72.8 Å². The van der Waals surface area contributed by atoms with Crippen molar-refractivity contribution in [2.24, 2.45) is 0 Å². The normalized spacial score (nSPS) is 11.6. The Hall–Kier alpha value is -3.27. The number of methoxy groups -OCH3 is 1. The number of carbonyl (C=O) groups excluding carboxylic acids is 1. The zero-order chi connectivity index (χ0) is 20.6. The summed E-state index contributed by atoms with van der Waals surface area (Å²) >= 11 is 0. The van der Waals surface area contributed by atoms with E-state index in [1.54, 1.807) is 7.11 Å². The predicted molar refractivity (Wildman–Crippen MR) is 117 cm³/mol. The van der Waals surface area contributed by atoms with Crippen LogP contribution in [0.3, 0.4) is 0 Å². The molecule has 3 aromatic rings. The lowest BCUT2D eigenvalue weighted by molar-refractivity contribution is 0.0976. The molecule has 3 aromatic carbocycles. The minimum Gasteiger partial charge on any atom is -0.497 e. The summed E-state index contributed by atoms with van der Waals surface area (Å²) in [6, 6.07) is 23.2. The Bertz CT molecular complexity index is 916. The molecule has 0 aliphatic heterocycles. The van der Waals surface area contributed by atoms with Gasteiger partial charge in [-0.05, 0) is 55.8 Å². The summed E-state index contributed by atoms with van der Waals surface area (Å²) in [6.45, 7) is 4.61. The highest BCUT2D eigenvalue weighted by molar-refractivity contribution is 5.96. The van der Waals surface area contributed by atoms with Gasteiger partial charge in [-0.25, -0.2) is 0 Å². The quantitative estimate of drug-likeness (QED) is 0.468. The van der Waals surface area contributed by atoms with E-state index in [1.165, 1.54) is 0 Å². The summed E-state index contributed by atoms with van der Waals surface area (Å²) in [6.07, 6.45) is 0.350. The van der Waals surface area contributed by atoms with E-state index < -0.39 is 0 Å². The van der Waals surface area contributed by atoms with E-state index in [0.29, 0.717) is 13.0 Å². The second-order valence-corrected chi connectivity index (χ2v) is 6.92. The van der Waals surface area contributed by atoms with Crippen LogP contribution in [0.5, 0.6) is 11.5 Å². The van der Waals surface area contributed by atoms with E-state index >= 15 is 0 Å². The van der Waals surface area contributed by atoms with Gasteiger partial charge in [0.25, 0.3) is 0 Å². The molecule has 0 bridgehead atoms. The molecule has 0 fully saturated rings. The molecule has 0 saturated heterocycles. The van der Waals surface area contributed by atoms with Crippen molar-refractivity contribution in [1.29, 1.82) is 0 Å². The first-order valence-electron chi connectivity index (χ1n) is 9.82. The third-order valence-corrected chi connectivity index (χ3v) is 4.79. The third-order valence-electron chi connectivity index (χ3n) is 4.79. The number of carbonyl (C=O) groups is 1. The van der Waals surface area contributed by atoms with Gasteiger partial charge in [-0.3, -0.25) is 4.79 Å². The van der Waals surface area contributed by atoms with E-state index in [0.717, 1.165) is 33.9 Å². The van der Waals surface area contributed by atoms with Crippen LogP contribution in [0.2, 0.25) is 0 Å². The number of aryl methyl sites for hydroxylation is 1. The molecule has 0 spiro atoms. The number of rotatable bonds is 9. The SMILES string of the molecule is CCOc1ccc(NC(CC(=O)c2ccc(C)cc2)c2ccc(OC)cc2)cc1. The first-order chi connectivity index (χ1) is 14.1. The fourth-order valence-electron chi connectivity index (χ4n) is 3.15. The van der Waals surface area contributed by atoms with Crippen molar-refractivity contribution >= 4 is 11.5 Å². The molecule has 0 aliphatic carbocycles. The van der Waals surface area contributed by atoms with Gasteiger partial charge in [-0.2, -0.15) is 0 Å². The molecule has 0 radical (unpaired) electrons. The fourth-order valence-corrected chi connectivity index (χ4v) is 3.15. The Morgan fingerprint density at radius 1 is 0.897 bits per heavy atom. The van der Waals surface area contributed by atoms with E-state index in [4.69, 9.17) is 9.47 Å². The number of benzene rings is 3. The molecule has 3 rings (SSSR count). The molecule has 1 unspecified atom stereocenters. The average molecular weight is 389 g/mol. The summed E-state index contributed by atoms with van der Waals surface area (Å²) < 4.78 is 10.8. The van der Waals surface area contributed by atoms with Crippen molar-refractivity contribution in [3.05, 3.63) is 89.5 Å². The van der Waals surface area contributed by atoms with Crippen LogP contribution in [-0.2, 0) is 0 Å². The van der Waals surface area contributed by atoms with E-state index in [9.17, 15) is 4.79 Å². The lowest BCUT2D eigenvalue weighted by Crippen LogP contribution is -2.16. The standard InChI is InChI=1S/C25H27NO3/c1-4-29-23-15-11-21(12-16-23)26-24(19-9-13-22(28-3)14-10-19)17-25(27)20-7-5-18(2)6-8-20/h5-16,24,26H,4,17H2,1-3H3. The highest BCUT2D eigenvalue weighted by Crippen LogP contribution is 2.27. The number of ketones is 1. The minimum atomic E-state index is -0.160. The van der Waals surface area contributed by atoms with Crippen LogP contribution >= 0.6 is 0 Å². The molecule has 29 heavy (non-hydrogen) atoms. The second-order valence-electron chi connectivity index (χ2n) is 6.92. The molecular weight excluding hydrogens is 362 g/mol. The van der Waals surface area contributed by atoms with Crippen LogP contribution in [0, 0.1) is 6.92 Å². The Balaban J connectivity index is 1.82. The Morgan fingerprint density at radius 2 is 1.52 bits per heavy atom. The molecule has 150 valence electrons. The van der Waals surface area contributed by atoms with Gasteiger partial charge in [0.15, 0.2) is 5.78 Å². The lowest BCUT2D eigenvalue weighted by Gasteiger charge is -2.21. The number of hydrogen-bond donors (Lipinski definition) is 1. The van der Waals surface area contributed by atoms with Crippen LogP contribution in [0.1, 0.15) is 40.9 Å². The lowest BCUT2D eigenvalue weighted by atomic mass is 9.97. The number of anilines is 1. The summed E-state index contributed by atoms with van der Waals surface area (Å²) in [4.78, 5) is 12.9. The highest BCUT2D eigenvalue weighted by Gasteiger charge is 2.18. The van der Waals surface area contributed by atoms with E-state index in [1.807, 2.05) is 86.6 Å². The van der Waals surface area contributed by atoms with Crippen molar-refractivity contribution in [2.45, 2.75) is 26.3 Å². The predicted octanol–water partition coefficient (Wildman–Crippen LogP) is 5.83. The number of nitrogens with one attached hydrogen (secondary N) is 1. The maximum Gasteiger partial charge on any atom is 0.165 e. The van der Waals surface area contributed by atoms with Crippen LogP contribution in [0.4, 0.5) is 5.69 Å². The third kappa shape index (κ3) is 5.61. The molecule has 0 heterocycles. The van der Waals surface area contributed by atoms with Gasteiger partial charge in [-0.15, -0.1) is 0 Å². The zero-order valence-electron chi connectivity index (χ0n) is 17.1.